The summed E-state index contributed by atoms with van der Waals surface area (Å²) >= 11 is 0. The van der Waals surface area contributed by atoms with Crippen LogP contribution in [0.4, 0.5) is 10.1 Å². The lowest BCUT2D eigenvalue weighted by Crippen LogP contribution is -2.31. The highest BCUT2D eigenvalue weighted by Crippen LogP contribution is 2.18. The molecule has 32 heavy (non-hydrogen) atoms. The van der Waals surface area contributed by atoms with E-state index < -0.39 is 34.3 Å². The van der Waals surface area contributed by atoms with Crippen LogP contribution >= 0.6 is 0 Å². The zero-order valence-electron chi connectivity index (χ0n) is 17.1. The van der Waals surface area contributed by atoms with Crippen LogP contribution in [0.25, 0.3) is 0 Å². The van der Waals surface area contributed by atoms with Gasteiger partial charge in [0.25, 0.3) is 15.9 Å². The summed E-state index contributed by atoms with van der Waals surface area (Å²) < 4.78 is 45.5. The molecule has 0 saturated carbocycles. The van der Waals surface area contributed by atoms with Gasteiger partial charge < -0.3 is 10.1 Å². The van der Waals surface area contributed by atoms with Gasteiger partial charge in [0.2, 0.25) is 0 Å². The maximum Gasteiger partial charge on any atom is 0.338 e. The molecule has 166 valence electrons. The van der Waals surface area contributed by atoms with Gasteiger partial charge in [0, 0.05) is 5.69 Å². The van der Waals surface area contributed by atoms with Crippen molar-refractivity contribution < 1.29 is 27.1 Å². The van der Waals surface area contributed by atoms with E-state index in [-0.39, 0.29) is 22.2 Å². The molecule has 0 heterocycles. The molecule has 1 atom stereocenters. The normalized spacial score (nSPS) is 11.9. The van der Waals surface area contributed by atoms with Crippen LogP contribution in [0.1, 0.15) is 28.9 Å². The van der Waals surface area contributed by atoms with Crippen LogP contribution in [-0.2, 0) is 19.6 Å². The molecule has 0 spiro atoms. The van der Waals surface area contributed by atoms with Crippen molar-refractivity contribution in [2.24, 2.45) is 0 Å². The maximum absolute atomic E-state index is 13.0. The third-order valence-corrected chi connectivity index (χ3v) is 5.87. The van der Waals surface area contributed by atoms with Gasteiger partial charge in [-0.05, 0) is 55.0 Å². The number of esters is 1. The number of sulfonamides is 1. The lowest BCUT2D eigenvalue weighted by Gasteiger charge is -2.14. The number of carbonyl (C=O) groups excluding carboxylic acids is 2. The van der Waals surface area contributed by atoms with Crippen LogP contribution in [0.15, 0.2) is 83.8 Å². The first kappa shape index (κ1) is 23.0. The first-order valence-corrected chi connectivity index (χ1v) is 11.1. The van der Waals surface area contributed by atoms with Crippen molar-refractivity contribution in [1.29, 1.82) is 0 Å². The van der Waals surface area contributed by atoms with Crippen LogP contribution in [0.2, 0.25) is 0 Å². The molecule has 3 rings (SSSR count). The standard InChI is InChI=1S/C23H21FN2O5S/c1-16(17-6-3-2-4-7-17)25-22(27)15-31-23(28)18-8-5-9-21(14-18)32(29,30)26-20-12-10-19(24)11-13-20/h2-14,16,26H,15H2,1H3,(H,25,27)/t16-/m1/s1. The predicted molar refractivity (Wildman–Crippen MR) is 117 cm³/mol. The van der Waals surface area contributed by atoms with E-state index in [9.17, 15) is 22.4 Å². The second-order valence-corrected chi connectivity index (χ2v) is 8.60. The minimum absolute atomic E-state index is 0.0316. The lowest BCUT2D eigenvalue weighted by atomic mass is 10.1. The fourth-order valence-electron chi connectivity index (χ4n) is 2.84. The van der Waals surface area contributed by atoms with E-state index in [1.807, 2.05) is 30.3 Å². The summed E-state index contributed by atoms with van der Waals surface area (Å²) in [6, 6.07) is 19.0. The number of carbonyl (C=O) groups is 2. The van der Waals surface area contributed by atoms with Crippen LogP contribution in [-0.4, -0.2) is 26.9 Å². The average Bonchev–Trinajstić information content (AvgIpc) is 2.79. The van der Waals surface area contributed by atoms with Crippen molar-refractivity contribution >= 4 is 27.6 Å². The van der Waals surface area contributed by atoms with Gasteiger partial charge >= 0.3 is 5.97 Å². The quantitative estimate of drug-likeness (QED) is 0.504. The summed E-state index contributed by atoms with van der Waals surface area (Å²) in [7, 11) is -4.02. The Morgan fingerprint density at radius 2 is 1.66 bits per heavy atom. The molecule has 0 bridgehead atoms. The van der Waals surface area contributed by atoms with Crippen molar-refractivity contribution in [2.75, 3.05) is 11.3 Å². The first-order valence-electron chi connectivity index (χ1n) is 9.64. The molecule has 2 N–H and O–H groups in total. The highest BCUT2D eigenvalue weighted by molar-refractivity contribution is 7.92. The van der Waals surface area contributed by atoms with Crippen molar-refractivity contribution in [2.45, 2.75) is 17.9 Å². The Bertz CT molecular complexity index is 1200. The number of hydrogen-bond acceptors (Lipinski definition) is 5. The van der Waals surface area contributed by atoms with Crippen molar-refractivity contribution in [3.63, 3.8) is 0 Å². The second kappa shape index (κ2) is 10.1. The summed E-state index contributed by atoms with van der Waals surface area (Å²) in [5.41, 5.74) is 1.04. The van der Waals surface area contributed by atoms with E-state index in [1.54, 1.807) is 6.92 Å². The summed E-state index contributed by atoms with van der Waals surface area (Å²) in [4.78, 5) is 24.2. The number of amides is 1. The van der Waals surface area contributed by atoms with Crippen LogP contribution in [0, 0.1) is 5.82 Å². The van der Waals surface area contributed by atoms with Crippen molar-refractivity contribution in [3.05, 3.63) is 95.8 Å². The molecule has 0 radical (unpaired) electrons. The van der Waals surface area contributed by atoms with Crippen LogP contribution in [0.3, 0.4) is 0 Å². The highest BCUT2D eigenvalue weighted by Gasteiger charge is 2.18. The molecule has 0 aliphatic rings. The minimum Gasteiger partial charge on any atom is -0.452 e. The van der Waals surface area contributed by atoms with Crippen LogP contribution < -0.4 is 10.0 Å². The fourth-order valence-corrected chi connectivity index (χ4v) is 3.95. The van der Waals surface area contributed by atoms with Crippen molar-refractivity contribution in [3.8, 4) is 0 Å². The minimum atomic E-state index is -4.02. The van der Waals surface area contributed by atoms with Crippen LogP contribution in [0.5, 0.6) is 0 Å². The Hall–Kier alpha value is -3.72. The van der Waals surface area contributed by atoms with Gasteiger partial charge in [-0.25, -0.2) is 17.6 Å². The molecule has 0 aliphatic carbocycles. The number of hydrogen-bond donors (Lipinski definition) is 2. The second-order valence-electron chi connectivity index (χ2n) is 6.92. The van der Waals surface area contributed by atoms with Gasteiger partial charge in [-0.2, -0.15) is 0 Å². The Balaban J connectivity index is 1.61. The predicted octanol–water partition coefficient (Wildman–Crippen LogP) is 3.66. The van der Waals surface area contributed by atoms with Gasteiger partial charge in [-0.15, -0.1) is 0 Å². The Morgan fingerprint density at radius 1 is 0.969 bits per heavy atom. The molecule has 7 nitrogen and oxygen atoms in total. The molecule has 0 aromatic heterocycles. The molecule has 0 unspecified atom stereocenters. The molecule has 0 aliphatic heterocycles. The number of halogens is 1. The van der Waals surface area contributed by atoms with E-state index in [0.717, 1.165) is 23.8 Å². The third-order valence-electron chi connectivity index (χ3n) is 4.49. The molecular formula is C23H21FN2O5S. The number of nitrogens with one attached hydrogen (secondary N) is 2. The molecular weight excluding hydrogens is 435 g/mol. The topological polar surface area (TPSA) is 102 Å². The van der Waals surface area contributed by atoms with Gasteiger partial charge in [-0.1, -0.05) is 36.4 Å². The summed E-state index contributed by atoms with van der Waals surface area (Å²) in [5, 5.41) is 2.72. The molecule has 3 aromatic carbocycles. The molecule has 9 heteroatoms. The molecule has 1 amide bonds. The van der Waals surface area contributed by atoms with E-state index >= 15 is 0 Å². The van der Waals surface area contributed by atoms with E-state index in [0.29, 0.717) is 0 Å². The largest absolute Gasteiger partial charge is 0.452 e. The summed E-state index contributed by atoms with van der Waals surface area (Å²) in [6.45, 7) is 1.29. The molecule has 3 aromatic rings. The molecule has 0 fully saturated rings. The first-order chi connectivity index (χ1) is 15.2. The SMILES string of the molecule is C[C@@H](NC(=O)COC(=O)c1cccc(S(=O)(=O)Nc2ccc(F)cc2)c1)c1ccccc1. The number of benzene rings is 3. The average molecular weight is 456 g/mol. The third kappa shape index (κ3) is 6.14. The Kier molecular flexibility index (Phi) is 7.21. The van der Waals surface area contributed by atoms with Gasteiger partial charge in [-0.3, -0.25) is 9.52 Å². The fraction of sp³-hybridized carbons (Fsp3) is 0.130. The zero-order chi connectivity index (χ0) is 23.1. The number of anilines is 1. The van der Waals surface area contributed by atoms with E-state index in [2.05, 4.69) is 10.0 Å². The highest BCUT2D eigenvalue weighted by atomic mass is 32.2. The lowest BCUT2D eigenvalue weighted by molar-refractivity contribution is -0.124. The molecule has 0 saturated heterocycles. The van der Waals surface area contributed by atoms with Crippen molar-refractivity contribution in [1.82, 2.24) is 5.32 Å². The van der Waals surface area contributed by atoms with Gasteiger partial charge in [0.1, 0.15) is 5.82 Å². The van der Waals surface area contributed by atoms with Gasteiger partial charge in [0.15, 0.2) is 6.61 Å². The Morgan fingerprint density at radius 3 is 2.34 bits per heavy atom. The summed E-state index contributed by atoms with van der Waals surface area (Å²) in [6.07, 6.45) is 0. The smallest absolute Gasteiger partial charge is 0.338 e. The monoisotopic (exact) mass is 456 g/mol. The Labute approximate surface area is 185 Å². The number of rotatable bonds is 8. The number of ether oxygens (including phenoxy) is 1. The van der Waals surface area contributed by atoms with Gasteiger partial charge in [0.05, 0.1) is 16.5 Å². The van der Waals surface area contributed by atoms with E-state index in [4.69, 9.17) is 4.74 Å². The summed E-state index contributed by atoms with van der Waals surface area (Å²) in [5.74, 6) is -1.83. The van der Waals surface area contributed by atoms with E-state index in [1.165, 1.54) is 30.3 Å². The maximum atomic E-state index is 13.0. The zero-order valence-corrected chi connectivity index (χ0v) is 17.9.